The van der Waals surface area contributed by atoms with E-state index in [0.717, 1.165) is 12.8 Å². The van der Waals surface area contributed by atoms with Gasteiger partial charge in [0.2, 0.25) is 0 Å². The van der Waals surface area contributed by atoms with Crippen LogP contribution in [0, 0.1) is 5.41 Å². The van der Waals surface area contributed by atoms with E-state index in [4.69, 9.17) is 14.2 Å². The highest BCUT2D eigenvalue weighted by Gasteiger charge is 2.48. The number of carbonyl (C=O) groups excluding carboxylic acids is 2. The summed E-state index contributed by atoms with van der Waals surface area (Å²) in [5.41, 5.74) is -1.49. The Hall–Kier alpha value is -1.10. The minimum atomic E-state index is -1.29. The average Bonchev–Trinajstić information content (AvgIpc) is 2.68. The third-order valence-electron chi connectivity index (χ3n) is 3.64. The Morgan fingerprint density at radius 3 is 2.05 bits per heavy atom. The van der Waals surface area contributed by atoms with E-state index in [0.29, 0.717) is 6.42 Å². The molecule has 1 unspecified atom stereocenters. The fourth-order valence-corrected chi connectivity index (χ4v) is 2.51. The van der Waals surface area contributed by atoms with Gasteiger partial charge in [-0.3, -0.25) is 9.59 Å². The summed E-state index contributed by atoms with van der Waals surface area (Å²) in [7, 11) is 0. The van der Waals surface area contributed by atoms with E-state index in [1.807, 2.05) is 13.8 Å². The van der Waals surface area contributed by atoms with Crippen molar-refractivity contribution in [3.8, 4) is 0 Å². The molecule has 5 nitrogen and oxygen atoms in total. The van der Waals surface area contributed by atoms with Crippen LogP contribution < -0.4 is 0 Å². The molecular formula is C15H26O5. The van der Waals surface area contributed by atoms with Crippen LogP contribution in [0.5, 0.6) is 0 Å². The smallest absolute Gasteiger partial charge is 0.323 e. The zero-order valence-electron chi connectivity index (χ0n) is 13.2. The molecule has 0 radical (unpaired) electrons. The summed E-state index contributed by atoms with van der Waals surface area (Å²) >= 11 is 0. The molecule has 0 spiro atoms. The van der Waals surface area contributed by atoms with Crippen LogP contribution in [0.2, 0.25) is 0 Å². The molecule has 1 aliphatic rings. The topological polar surface area (TPSA) is 61.8 Å². The highest BCUT2D eigenvalue weighted by Crippen LogP contribution is 2.37. The van der Waals surface area contributed by atoms with Gasteiger partial charge in [-0.2, -0.15) is 0 Å². The van der Waals surface area contributed by atoms with Gasteiger partial charge in [0.25, 0.3) is 0 Å². The highest BCUT2D eigenvalue weighted by atomic mass is 16.6. The van der Waals surface area contributed by atoms with Crippen LogP contribution in [-0.2, 0) is 23.8 Å². The second-order valence-corrected chi connectivity index (χ2v) is 6.02. The first-order valence-electron chi connectivity index (χ1n) is 7.27. The highest BCUT2D eigenvalue weighted by molar-refractivity contribution is 5.99. The third kappa shape index (κ3) is 3.95. The van der Waals surface area contributed by atoms with Crippen molar-refractivity contribution in [1.29, 1.82) is 0 Å². The lowest BCUT2D eigenvalue weighted by molar-refractivity contribution is -0.174. The molecule has 1 aliphatic heterocycles. The molecule has 1 saturated heterocycles. The molecule has 1 rings (SSSR count). The van der Waals surface area contributed by atoms with Crippen molar-refractivity contribution in [1.82, 2.24) is 0 Å². The van der Waals surface area contributed by atoms with Gasteiger partial charge in [-0.1, -0.05) is 0 Å². The van der Waals surface area contributed by atoms with Crippen LogP contribution in [0.4, 0.5) is 0 Å². The monoisotopic (exact) mass is 286 g/mol. The van der Waals surface area contributed by atoms with Crippen LogP contribution in [0.1, 0.15) is 53.9 Å². The summed E-state index contributed by atoms with van der Waals surface area (Å²) in [4.78, 5) is 24.3. The molecule has 0 aromatic carbocycles. The molecule has 0 amide bonds. The number of hydrogen-bond donors (Lipinski definition) is 0. The maximum absolute atomic E-state index is 12.2. The lowest BCUT2D eigenvalue weighted by Gasteiger charge is -2.28. The quantitative estimate of drug-likeness (QED) is 0.554. The number of rotatable bonds is 6. The minimum absolute atomic E-state index is 0.121. The summed E-state index contributed by atoms with van der Waals surface area (Å²) in [6.07, 6.45) is 1.93. The largest absolute Gasteiger partial charge is 0.465 e. The molecule has 0 saturated carbocycles. The van der Waals surface area contributed by atoms with E-state index in [1.54, 1.807) is 20.8 Å². The Balaban J connectivity index is 2.83. The second kappa shape index (κ2) is 6.57. The first kappa shape index (κ1) is 17.0. The van der Waals surface area contributed by atoms with Crippen molar-refractivity contribution in [2.24, 2.45) is 5.41 Å². The molecule has 5 heteroatoms. The van der Waals surface area contributed by atoms with Gasteiger partial charge >= 0.3 is 11.9 Å². The van der Waals surface area contributed by atoms with E-state index in [-0.39, 0.29) is 24.9 Å². The lowest BCUT2D eigenvalue weighted by Crippen LogP contribution is -2.42. The van der Waals surface area contributed by atoms with Crippen molar-refractivity contribution in [3.05, 3.63) is 0 Å². The van der Waals surface area contributed by atoms with Gasteiger partial charge in [-0.25, -0.2) is 0 Å². The second-order valence-electron chi connectivity index (χ2n) is 6.02. The molecular weight excluding hydrogens is 260 g/mol. The van der Waals surface area contributed by atoms with Gasteiger partial charge in [0.05, 0.1) is 24.9 Å². The van der Waals surface area contributed by atoms with Crippen molar-refractivity contribution in [3.63, 3.8) is 0 Å². The Labute approximate surface area is 121 Å². The zero-order chi connectivity index (χ0) is 15.4. The molecule has 1 atom stereocenters. The fraction of sp³-hybridized carbons (Fsp3) is 0.867. The molecule has 0 bridgehead atoms. The molecule has 20 heavy (non-hydrogen) atoms. The van der Waals surface area contributed by atoms with Crippen LogP contribution in [0.15, 0.2) is 0 Å². The Morgan fingerprint density at radius 1 is 1.20 bits per heavy atom. The van der Waals surface area contributed by atoms with Crippen molar-refractivity contribution in [2.75, 3.05) is 13.2 Å². The first-order chi connectivity index (χ1) is 9.25. The SMILES string of the molecule is CCOC(=O)C(C)(CC1CCC(C)(C)O1)C(=O)OCC. The molecule has 0 aliphatic carbocycles. The van der Waals surface area contributed by atoms with Gasteiger partial charge < -0.3 is 14.2 Å². The van der Waals surface area contributed by atoms with E-state index >= 15 is 0 Å². The maximum Gasteiger partial charge on any atom is 0.323 e. The Kier molecular flexibility index (Phi) is 5.57. The van der Waals surface area contributed by atoms with E-state index in [2.05, 4.69) is 0 Å². The molecule has 0 N–H and O–H groups in total. The van der Waals surface area contributed by atoms with E-state index < -0.39 is 17.4 Å². The standard InChI is InChI=1S/C15H26O5/c1-6-18-12(16)15(5,13(17)19-7-2)10-11-8-9-14(3,4)20-11/h11H,6-10H2,1-5H3. The minimum Gasteiger partial charge on any atom is -0.465 e. The van der Waals surface area contributed by atoms with Gasteiger partial charge in [-0.15, -0.1) is 0 Å². The number of esters is 2. The van der Waals surface area contributed by atoms with E-state index in [1.165, 1.54) is 0 Å². The van der Waals surface area contributed by atoms with Crippen molar-refractivity contribution < 1.29 is 23.8 Å². The summed E-state index contributed by atoms with van der Waals surface area (Å²) in [5, 5.41) is 0. The summed E-state index contributed by atoms with van der Waals surface area (Å²) in [5.74, 6) is -1.07. The lowest BCUT2D eigenvalue weighted by atomic mass is 9.83. The molecule has 1 heterocycles. The number of hydrogen-bond acceptors (Lipinski definition) is 5. The van der Waals surface area contributed by atoms with Gasteiger partial charge in [0.15, 0.2) is 5.41 Å². The summed E-state index contributed by atoms with van der Waals surface area (Å²) in [6.45, 7) is 9.53. The number of ether oxygens (including phenoxy) is 3. The van der Waals surface area contributed by atoms with Crippen molar-refractivity contribution >= 4 is 11.9 Å². The Morgan fingerprint density at radius 2 is 1.70 bits per heavy atom. The van der Waals surface area contributed by atoms with Crippen LogP contribution >= 0.6 is 0 Å². The Bertz CT molecular complexity index is 343. The van der Waals surface area contributed by atoms with Gasteiger partial charge in [-0.05, 0) is 47.5 Å². The number of carbonyl (C=O) groups is 2. The molecule has 0 aromatic rings. The predicted octanol–water partition coefficient (Wildman–Crippen LogP) is 2.47. The maximum atomic E-state index is 12.2. The van der Waals surface area contributed by atoms with Crippen molar-refractivity contribution in [2.45, 2.75) is 65.6 Å². The van der Waals surface area contributed by atoms with Crippen LogP contribution in [0.3, 0.4) is 0 Å². The van der Waals surface area contributed by atoms with E-state index in [9.17, 15) is 9.59 Å². The van der Waals surface area contributed by atoms with Gasteiger partial charge in [0.1, 0.15) is 0 Å². The third-order valence-corrected chi connectivity index (χ3v) is 3.64. The average molecular weight is 286 g/mol. The zero-order valence-corrected chi connectivity index (χ0v) is 13.2. The molecule has 1 fully saturated rings. The van der Waals surface area contributed by atoms with Crippen LogP contribution in [-0.4, -0.2) is 36.9 Å². The summed E-state index contributed by atoms with van der Waals surface area (Å²) < 4.78 is 16.0. The normalized spacial score (nSPS) is 21.6. The molecule has 0 aromatic heterocycles. The van der Waals surface area contributed by atoms with Gasteiger partial charge in [0, 0.05) is 6.42 Å². The van der Waals surface area contributed by atoms with Crippen LogP contribution in [0.25, 0.3) is 0 Å². The summed E-state index contributed by atoms with van der Waals surface area (Å²) in [6, 6.07) is 0. The molecule has 116 valence electrons. The fourth-order valence-electron chi connectivity index (χ4n) is 2.51. The predicted molar refractivity (Wildman–Crippen MR) is 74.2 cm³/mol. The first-order valence-corrected chi connectivity index (χ1v) is 7.27.